The molecule has 1 aliphatic rings. The molecule has 0 spiro atoms. The first-order valence-electron chi connectivity index (χ1n) is 6.69. The highest BCUT2D eigenvalue weighted by Gasteiger charge is 2.32. The van der Waals surface area contributed by atoms with Gasteiger partial charge in [-0.05, 0) is 53.6 Å². The fourth-order valence-electron chi connectivity index (χ4n) is 2.81. The fourth-order valence-corrected chi connectivity index (χ4v) is 3.67. The molecule has 1 atom stereocenters. The Hall–Kier alpha value is -0.380. The molecule has 3 heteroatoms. The largest absolute Gasteiger partial charge is 0.316 e. The third-order valence-corrected chi connectivity index (χ3v) is 4.80. The normalized spacial score (nSPS) is 24.4. The first-order valence-corrected chi connectivity index (χ1v) is 7.63. The SMILES string of the molecule is CCCC1(CNCc2cscc2C)CCNC1. The van der Waals surface area contributed by atoms with E-state index >= 15 is 0 Å². The number of nitrogens with one attached hydrogen (secondary N) is 2. The molecule has 0 amide bonds. The van der Waals surface area contributed by atoms with Gasteiger partial charge in [0.1, 0.15) is 0 Å². The van der Waals surface area contributed by atoms with Gasteiger partial charge in [-0.1, -0.05) is 13.3 Å². The summed E-state index contributed by atoms with van der Waals surface area (Å²) >= 11 is 1.81. The van der Waals surface area contributed by atoms with Gasteiger partial charge in [-0.3, -0.25) is 0 Å². The van der Waals surface area contributed by atoms with Crippen LogP contribution in [0.15, 0.2) is 10.8 Å². The molecule has 0 saturated carbocycles. The minimum Gasteiger partial charge on any atom is -0.316 e. The summed E-state index contributed by atoms with van der Waals surface area (Å²) in [6, 6.07) is 0. The molecule has 1 aromatic heterocycles. The zero-order valence-electron chi connectivity index (χ0n) is 11.0. The summed E-state index contributed by atoms with van der Waals surface area (Å²) in [5.41, 5.74) is 3.41. The molecule has 1 unspecified atom stereocenters. The highest BCUT2D eigenvalue weighted by Crippen LogP contribution is 2.30. The van der Waals surface area contributed by atoms with Crippen LogP contribution in [0.25, 0.3) is 0 Å². The third kappa shape index (κ3) is 3.30. The molecule has 0 aromatic carbocycles. The van der Waals surface area contributed by atoms with E-state index in [1.807, 2.05) is 0 Å². The Labute approximate surface area is 109 Å². The Morgan fingerprint density at radius 1 is 1.47 bits per heavy atom. The van der Waals surface area contributed by atoms with Crippen LogP contribution in [0.4, 0.5) is 0 Å². The van der Waals surface area contributed by atoms with Crippen molar-refractivity contribution in [3.63, 3.8) is 0 Å². The van der Waals surface area contributed by atoms with Crippen molar-refractivity contribution in [3.05, 3.63) is 21.9 Å². The predicted molar refractivity (Wildman–Crippen MR) is 75.6 cm³/mol. The average Bonchev–Trinajstić information content (AvgIpc) is 2.91. The molecule has 0 radical (unpaired) electrons. The van der Waals surface area contributed by atoms with E-state index in [1.54, 1.807) is 11.3 Å². The van der Waals surface area contributed by atoms with Gasteiger partial charge in [0.25, 0.3) is 0 Å². The summed E-state index contributed by atoms with van der Waals surface area (Å²) in [5.74, 6) is 0. The van der Waals surface area contributed by atoms with E-state index in [2.05, 4.69) is 35.2 Å². The van der Waals surface area contributed by atoms with Gasteiger partial charge in [0.15, 0.2) is 0 Å². The molecule has 0 aliphatic carbocycles. The van der Waals surface area contributed by atoms with Crippen molar-refractivity contribution >= 4 is 11.3 Å². The molecule has 2 rings (SSSR count). The molecule has 1 saturated heterocycles. The number of hydrogen-bond donors (Lipinski definition) is 2. The zero-order chi connectivity index (χ0) is 12.1. The summed E-state index contributed by atoms with van der Waals surface area (Å²) in [7, 11) is 0. The maximum atomic E-state index is 3.66. The van der Waals surface area contributed by atoms with Crippen LogP contribution in [0, 0.1) is 12.3 Å². The van der Waals surface area contributed by atoms with Crippen LogP contribution in [-0.2, 0) is 6.54 Å². The van der Waals surface area contributed by atoms with Crippen molar-refractivity contribution in [2.75, 3.05) is 19.6 Å². The second-order valence-electron chi connectivity index (χ2n) is 5.36. The van der Waals surface area contributed by atoms with E-state index in [4.69, 9.17) is 0 Å². The fraction of sp³-hybridized carbons (Fsp3) is 0.714. The van der Waals surface area contributed by atoms with E-state index in [0.717, 1.165) is 13.1 Å². The van der Waals surface area contributed by atoms with Crippen molar-refractivity contribution < 1.29 is 0 Å². The van der Waals surface area contributed by atoms with Crippen LogP contribution in [0.2, 0.25) is 0 Å². The van der Waals surface area contributed by atoms with Gasteiger partial charge >= 0.3 is 0 Å². The summed E-state index contributed by atoms with van der Waals surface area (Å²) in [4.78, 5) is 0. The smallest absolute Gasteiger partial charge is 0.0216 e. The molecular weight excluding hydrogens is 228 g/mol. The van der Waals surface area contributed by atoms with E-state index in [1.165, 1.54) is 43.5 Å². The molecular formula is C14H24N2S. The Balaban J connectivity index is 1.82. The summed E-state index contributed by atoms with van der Waals surface area (Å²) in [6.45, 7) is 9.06. The van der Waals surface area contributed by atoms with Gasteiger partial charge in [-0.15, -0.1) is 0 Å². The van der Waals surface area contributed by atoms with Gasteiger partial charge in [0, 0.05) is 19.6 Å². The lowest BCUT2D eigenvalue weighted by Crippen LogP contribution is -2.36. The van der Waals surface area contributed by atoms with Crippen molar-refractivity contribution in [3.8, 4) is 0 Å². The number of rotatable bonds is 6. The second kappa shape index (κ2) is 5.98. The van der Waals surface area contributed by atoms with Gasteiger partial charge in [-0.2, -0.15) is 11.3 Å². The first-order chi connectivity index (χ1) is 8.26. The number of hydrogen-bond acceptors (Lipinski definition) is 3. The van der Waals surface area contributed by atoms with Crippen LogP contribution in [-0.4, -0.2) is 19.6 Å². The summed E-state index contributed by atoms with van der Waals surface area (Å²) in [5, 5.41) is 11.7. The lowest BCUT2D eigenvalue weighted by atomic mass is 9.82. The molecule has 1 fully saturated rings. The van der Waals surface area contributed by atoms with Crippen molar-refractivity contribution in [1.29, 1.82) is 0 Å². The molecule has 1 aliphatic heterocycles. The van der Waals surface area contributed by atoms with E-state index in [0.29, 0.717) is 5.41 Å². The topological polar surface area (TPSA) is 24.1 Å². The molecule has 2 heterocycles. The maximum Gasteiger partial charge on any atom is 0.0216 e. The third-order valence-electron chi connectivity index (χ3n) is 3.89. The quantitative estimate of drug-likeness (QED) is 0.813. The molecule has 2 N–H and O–H groups in total. The zero-order valence-corrected chi connectivity index (χ0v) is 11.8. The first kappa shape index (κ1) is 13.1. The summed E-state index contributed by atoms with van der Waals surface area (Å²) < 4.78 is 0. The van der Waals surface area contributed by atoms with Crippen molar-refractivity contribution in [2.24, 2.45) is 5.41 Å². The Morgan fingerprint density at radius 2 is 2.35 bits per heavy atom. The lowest BCUT2D eigenvalue weighted by Gasteiger charge is -2.28. The van der Waals surface area contributed by atoms with Crippen LogP contribution in [0.5, 0.6) is 0 Å². The van der Waals surface area contributed by atoms with Gasteiger partial charge in [0.05, 0.1) is 0 Å². The summed E-state index contributed by atoms with van der Waals surface area (Å²) in [6.07, 6.45) is 3.97. The Morgan fingerprint density at radius 3 is 2.94 bits per heavy atom. The van der Waals surface area contributed by atoms with Crippen LogP contribution in [0.1, 0.15) is 37.3 Å². The average molecular weight is 252 g/mol. The number of thiophene rings is 1. The molecule has 2 nitrogen and oxygen atoms in total. The van der Waals surface area contributed by atoms with Gasteiger partial charge in [-0.25, -0.2) is 0 Å². The highest BCUT2D eigenvalue weighted by atomic mass is 32.1. The highest BCUT2D eigenvalue weighted by molar-refractivity contribution is 7.08. The molecule has 96 valence electrons. The van der Waals surface area contributed by atoms with E-state index in [-0.39, 0.29) is 0 Å². The van der Waals surface area contributed by atoms with Crippen LogP contribution >= 0.6 is 11.3 Å². The molecule has 0 bridgehead atoms. The standard InChI is InChI=1S/C14H24N2S/c1-3-4-14(5-6-15-10-14)11-16-7-13-9-17-8-12(13)2/h8-9,15-16H,3-7,10-11H2,1-2H3. The van der Waals surface area contributed by atoms with Crippen LogP contribution < -0.4 is 10.6 Å². The predicted octanol–water partition coefficient (Wildman–Crippen LogP) is 2.93. The number of aryl methyl sites for hydroxylation is 1. The Bertz CT molecular complexity index is 340. The second-order valence-corrected chi connectivity index (χ2v) is 6.10. The Kier molecular flexibility index (Phi) is 4.60. The van der Waals surface area contributed by atoms with Crippen molar-refractivity contribution in [1.82, 2.24) is 10.6 Å². The lowest BCUT2D eigenvalue weighted by molar-refractivity contribution is 0.276. The van der Waals surface area contributed by atoms with Gasteiger partial charge in [0.2, 0.25) is 0 Å². The maximum absolute atomic E-state index is 3.66. The van der Waals surface area contributed by atoms with E-state index in [9.17, 15) is 0 Å². The van der Waals surface area contributed by atoms with Gasteiger partial charge < -0.3 is 10.6 Å². The monoisotopic (exact) mass is 252 g/mol. The van der Waals surface area contributed by atoms with Crippen molar-refractivity contribution in [2.45, 2.75) is 39.7 Å². The molecule has 17 heavy (non-hydrogen) atoms. The minimum atomic E-state index is 0.513. The van der Waals surface area contributed by atoms with E-state index < -0.39 is 0 Å². The van der Waals surface area contributed by atoms with Crippen LogP contribution in [0.3, 0.4) is 0 Å². The molecule has 1 aromatic rings. The minimum absolute atomic E-state index is 0.513.